The molecule has 5 nitrogen and oxygen atoms in total. The SMILES string of the molecule is CC(C)(C)OC(=O)Nc1cccc(C2(CN)CCC(O)CC2)c1. The quantitative estimate of drug-likeness (QED) is 0.798. The zero-order chi connectivity index (χ0) is 17.1. The minimum Gasteiger partial charge on any atom is -0.444 e. The Labute approximate surface area is 138 Å². The molecule has 0 heterocycles. The lowest BCUT2D eigenvalue weighted by atomic mass is 9.68. The van der Waals surface area contributed by atoms with Gasteiger partial charge in [0.1, 0.15) is 5.60 Å². The highest BCUT2D eigenvalue weighted by molar-refractivity contribution is 5.85. The maximum absolute atomic E-state index is 11.9. The third kappa shape index (κ3) is 4.69. The summed E-state index contributed by atoms with van der Waals surface area (Å²) < 4.78 is 5.28. The molecule has 5 heteroatoms. The van der Waals surface area contributed by atoms with Crippen molar-refractivity contribution in [3.8, 4) is 0 Å². The maximum atomic E-state index is 11.9. The van der Waals surface area contributed by atoms with Crippen molar-refractivity contribution < 1.29 is 14.6 Å². The van der Waals surface area contributed by atoms with Gasteiger partial charge in [-0.15, -0.1) is 0 Å². The molecular formula is C18H28N2O3. The molecule has 1 aliphatic carbocycles. The van der Waals surface area contributed by atoms with E-state index in [1.54, 1.807) is 0 Å². The molecule has 2 rings (SSSR count). The van der Waals surface area contributed by atoms with Crippen molar-refractivity contribution in [1.82, 2.24) is 0 Å². The van der Waals surface area contributed by atoms with E-state index in [0.29, 0.717) is 12.2 Å². The first-order chi connectivity index (χ1) is 10.7. The maximum Gasteiger partial charge on any atom is 0.412 e. The third-order valence-corrected chi connectivity index (χ3v) is 4.42. The molecule has 1 aromatic carbocycles. The molecule has 23 heavy (non-hydrogen) atoms. The number of hydrogen-bond donors (Lipinski definition) is 3. The molecule has 0 bridgehead atoms. The van der Waals surface area contributed by atoms with E-state index in [1.807, 2.05) is 45.0 Å². The molecular weight excluding hydrogens is 292 g/mol. The lowest BCUT2D eigenvalue weighted by molar-refractivity contribution is 0.0636. The molecule has 0 saturated heterocycles. The smallest absolute Gasteiger partial charge is 0.412 e. The summed E-state index contributed by atoms with van der Waals surface area (Å²) in [6.45, 7) is 6.04. The lowest BCUT2D eigenvalue weighted by Gasteiger charge is -2.38. The van der Waals surface area contributed by atoms with E-state index in [9.17, 15) is 9.90 Å². The Morgan fingerprint density at radius 3 is 2.61 bits per heavy atom. The molecule has 0 spiro atoms. The van der Waals surface area contributed by atoms with Gasteiger partial charge in [0.15, 0.2) is 0 Å². The van der Waals surface area contributed by atoms with Gasteiger partial charge in [-0.25, -0.2) is 4.79 Å². The highest BCUT2D eigenvalue weighted by atomic mass is 16.6. The number of carbonyl (C=O) groups is 1. The van der Waals surface area contributed by atoms with Gasteiger partial charge in [-0.2, -0.15) is 0 Å². The van der Waals surface area contributed by atoms with Crippen LogP contribution in [0.15, 0.2) is 24.3 Å². The van der Waals surface area contributed by atoms with Gasteiger partial charge in [-0.05, 0) is 64.2 Å². The Bertz CT molecular complexity index is 543. The van der Waals surface area contributed by atoms with E-state index >= 15 is 0 Å². The first-order valence-electron chi connectivity index (χ1n) is 8.23. The summed E-state index contributed by atoms with van der Waals surface area (Å²) in [7, 11) is 0. The van der Waals surface area contributed by atoms with Crippen LogP contribution in [0.4, 0.5) is 10.5 Å². The second kappa shape index (κ2) is 6.89. The topological polar surface area (TPSA) is 84.6 Å². The van der Waals surface area contributed by atoms with E-state index in [-0.39, 0.29) is 11.5 Å². The second-order valence-corrected chi connectivity index (χ2v) is 7.42. The van der Waals surface area contributed by atoms with Crippen molar-refractivity contribution in [2.45, 2.75) is 63.6 Å². The largest absolute Gasteiger partial charge is 0.444 e. The fourth-order valence-electron chi connectivity index (χ4n) is 3.11. The highest BCUT2D eigenvalue weighted by Crippen LogP contribution is 2.39. The molecule has 0 aliphatic heterocycles. The Balaban J connectivity index is 2.14. The molecule has 0 atom stereocenters. The molecule has 128 valence electrons. The van der Waals surface area contributed by atoms with Crippen LogP contribution in [0.25, 0.3) is 0 Å². The number of amides is 1. The number of hydrogen-bond acceptors (Lipinski definition) is 4. The van der Waals surface area contributed by atoms with Crippen LogP contribution in [-0.4, -0.2) is 29.4 Å². The highest BCUT2D eigenvalue weighted by Gasteiger charge is 2.35. The van der Waals surface area contributed by atoms with Crippen molar-refractivity contribution in [2.75, 3.05) is 11.9 Å². The van der Waals surface area contributed by atoms with E-state index < -0.39 is 11.7 Å². The van der Waals surface area contributed by atoms with Gasteiger partial charge in [0.2, 0.25) is 0 Å². The predicted octanol–water partition coefficient (Wildman–Crippen LogP) is 3.17. The zero-order valence-electron chi connectivity index (χ0n) is 14.3. The number of carbonyl (C=O) groups excluding carboxylic acids is 1. The summed E-state index contributed by atoms with van der Waals surface area (Å²) in [5.74, 6) is 0. The van der Waals surface area contributed by atoms with Crippen LogP contribution >= 0.6 is 0 Å². The Morgan fingerprint density at radius 2 is 2.04 bits per heavy atom. The van der Waals surface area contributed by atoms with Crippen molar-refractivity contribution in [2.24, 2.45) is 5.73 Å². The number of aliphatic hydroxyl groups is 1. The van der Waals surface area contributed by atoms with Gasteiger partial charge in [-0.1, -0.05) is 12.1 Å². The molecule has 4 N–H and O–H groups in total. The number of nitrogens with one attached hydrogen (secondary N) is 1. The first kappa shape index (κ1) is 17.8. The number of benzene rings is 1. The summed E-state index contributed by atoms with van der Waals surface area (Å²) in [6, 6.07) is 7.78. The average molecular weight is 320 g/mol. The summed E-state index contributed by atoms with van der Waals surface area (Å²) in [4.78, 5) is 11.9. The molecule has 1 aromatic rings. The van der Waals surface area contributed by atoms with Crippen molar-refractivity contribution >= 4 is 11.8 Å². The lowest BCUT2D eigenvalue weighted by Crippen LogP contribution is -2.40. The number of rotatable bonds is 3. The van der Waals surface area contributed by atoms with Crippen LogP contribution in [0.5, 0.6) is 0 Å². The van der Waals surface area contributed by atoms with Crippen LogP contribution in [0.2, 0.25) is 0 Å². The fraction of sp³-hybridized carbons (Fsp3) is 0.611. The van der Waals surface area contributed by atoms with E-state index in [4.69, 9.17) is 10.5 Å². The molecule has 1 aliphatic rings. The monoisotopic (exact) mass is 320 g/mol. The van der Waals surface area contributed by atoms with Gasteiger partial charge in [0.25, 0.3) is 0 Å². The molecule has 0 aromatic heterocycles. The van der Waals surface area contributed by atoms with Crippen LogP contribution in [-0.2, 0) is 10.2 Å². The van der Waals surface area contributed by atoms with Crippen LogP contribution in [0, 0.1) is 0 Å². The summed E-state index contributed by atoms with van der Waals surface area (Å²) in [5, 5.41) is 12.5. The van der Waals surface area contributed by atoms with E-state index in [0.717, 1.165) is 31.2 Å². The van der Waals surface area contributed by atoms with Gasteiger partial charge < -0.3 is 15.6 Å². The molecule has 1 fully saturated rings. The Hall–Kier alpha value is -1.59. The average Bonchev–Trinajstić information content (AvgIpc) is 2.46. The van der Waals surface area contributed by atoms with Crippen molar-refractivity contribution in [1.29, 1.82) is 0 Å². The standard InChI is InChI=1S/C18H28N2O3/c1-17(2,3)23-16(22)20-14-6-4-5-13(11-14)18(12-19)9-7-15(21)8-10-18/h4-6,11,15,21H,7-10,12,19H2,1-3H3,(H,20,22). The summed E-state index contributed by atoms with van der Waals surface area (Å²) >= 11 is 0. The van der Waals surface area contributed by atoms with Gasteiger partial charge in [0.05, 0.1) is 6.10 Å². The van der Waals surface area contributed by atoms with E-state index in [2.05, 4.69) is 5.32 Å². The van der Waals surface area contributed by atoms with Crippen molar-refractivity contribution in [3.63, 3.8) is 0 Å². The fourth-order valence-corrected chi connectivity index (χ4v) is 3.11. The summed E-state index contributed by atoms with van der Waals surface area (Å²) in [6.07, 6.45) is 2.57. The second-order valence-electron chi connectivity index (χ2n) is 7.42. The van der Waals surface area contributed by atoms with Crippen LogP contribution < -0.4 is 11.1 Å². The number of ether oxygens (including phenoxy) is 1. The normalized spacial score (nSPS) is 25.0. The predicted molar refractivity (Wildman–Crippen MR) is 91.5 cm³/mol. The first-order valence-corrected chi connectivity index (χ1v) is 8.23. The zero-order valence-corrected chi connectivity index (χ0v) is 14.3. The summed E-state index contributed by atoms with van der Waals surface area (Å²) in [5.41, 5.74) is 7.22. The third-order valence-electron chi connectivity index (χ3n) is 4.42. The molecule has 0 radical (unpaired) electrons. The minimum absolute atomic E-state index is 0.120. The number of anilines is 1. The molecule has 1 amide bonds. The Kier molecular flexibility index (Phi) is 5.32. The van der Waals surface area contributed by atoms with Crippen molar-refractivity contribution in [3.05, 3.63) is 29.8 Å². The van der Waals surface area contributed by atoms with E-state index in [1.165, 1.54) is 0 Å². The molecule has 0 unspecified atom stereocenters. The van der Waals surface area contributed by atoms with Gasteiger partial charge >= 0.3 is 6.09 Å². The number of nitrogens with two attached hydrogens (primary N) is 1. The molecule has 1 saturated carbocycles. The number of aliphatic hydroxyl groups excluding tert-OH is 1. The van der Waals surface area contributed by atoms with Gasteiger partial charge in [0, 0.05) is 17.6 Å². The van der Waals surface area contributed by atoms with Crippen LogP contribution in [0.1, 0.15) is 52.0 Å². The Morgan fingerprint density at radius 1 is 1.39 bits per heavy atom. The van der Waals surface area contributed by atoms with Gasteiger partial charge in [-0.3, -0.25) is 5.32 Å². The van der Waals surface area contributed by atoms with Crippen LogP contribution in [0.3, 0.4) is 0 Å². The minimum atomic E-state index is -0.528.